The molecule has 1 aromatic carbocycles. The van der Waals surface area contributed by atoms with E-state index in [0.29, 0.717) is 5.69 Å². The molecule has 8 nitrogen and oxygen atoms in total. The topological polar surface area (TPSA) is 125 Å². The van der Waals surface area contributed by atoms with Crippen molar-refractivity contribution in [2.75, 3.05) is 19.5 Å². The quantitative estimate of drug-likeness (QED) is 0.707. The molecular weight excluding hydrogens is 372 g/mol. The summed E-state index contributed by atoms with van der Waals surface area (Å²) in [5, 5.41) is 1.77. The van der Waals surface area contributed by atoms with E-state index in [1.54, 1.807) is 13.8 Å². The summed E-state index contributed by atoms with van der Waals surface area (Å²) in [5.41, 5.74) is 6.52. The van der Waals surface area contributed by atoms with Crippen molar-refractivity contribution in [2.24, 2.45) is 5.73 Å². The Balaban J connectivity index is 0.00000576. The minimum Gasteiger partial charge on any atom is -0.469 e. The summed E-state index contributed by atoms with van der Waals surface area (Å²) in [5.74, 6) is -0.568. The molecule has 1 aromatic rings. The summed E-state index contributed by atoms with van der Waals surface area (Å²) in [6.07, 6.45) is -0.902. The van der Waals surface area contributed by atoms with E-state index in [1.165, 1.54) is 32.4 Å². The molecule has 25 heavy (non-hydrogen) atoms. The highest BCUT2D eigenvalue weighted by molar-refractivity contribution is 7.92. The first-order chi connectivity index (χ1) is 11.1. The van der Waals surface area contributed by atoms with Gasteiger partial charge in [0, 0.05) is 11.7 Å². The van der Waals surface area contributed by atoms with Crippen LogP contribution in [0.15, 0.2) is 23.1 Å². The molecule has 0 saturated heterocycles. The Labute approximate surface area is 153 Å². The summed E-state index contributed by atoms with van der Waals surface area (Å²) < 4.78 is 34.1. The van der Waals surface area contributed by atoms with Crippen LogP contribution in [0.1, 0.15) is 31.9 Å². The van der Waals surface area contributed by atoms with Crippen LogP contribution < -0.4 is 11.1 Å². The van der Waals surface area contributed by atoms with Gasteiger partial charge in [-0.2, -0.15) is 0 Å². The van der Waals surface area contributed by atoms with Crippen molar-refractivity contribution in [1.82, 2.24) is 0 Å². The predicted molar refractivity (Wildman–Crippen MR) is 95.6 cm³/mol. The van der Waals surface area contributed by atoms with Gasteiger partial charge in [0.25, 0.3) is 0 Å². The lowest BCUT2D eigenvalue weighted by molar-refractivity contribution is -0.141. The number of sulfone groups is 1. The van der Waals surface area contributed by atoms with Crippen LogP contribution in [0.5, 0.6) is 0 Å². The number of nitrogens with one attached hydrogen (secondary N) is 1. The van der Waals surface area contributed by atoms with Gasteiger partial charge in [-0.15, -0.1) is 12.4 Å². The Kier molecular flexibility index (Phi) is 8.89. The van der Waals surface area contributed by atoms with E-state index in [1.807, 2.05) is 0 Å². The Bertz CT molecular complexity index is 721. The lowest BCUT2D eigenvalue weighted by Gasteiger charge is -2.19. The Morgan fingerprint density at radius 2 is 1.80 bits per heavy atom. The molecule has 0 spiro atoms. The first kappa shape index (κ1) is 23.2. The molecule has 0 fully saturated rings. The highest BCUT2D eigenvalue weighted by atomic mass is 35.5. The Hall–Kier alpha value is -1.84. The van der Waals surface area contributed by atoms with Crippen molar-refractivity contribution >= 4 is 40.0 Å². The zero-order valence-corrected chi connectivity index (χ0v) is 16.1. The van der Waals surface area contributed by atoms with E-state index >= 15 is 0 Å². The van der Waals surface area contributed by atoms with E-state index in [-0.39, 0.29) is 29.3 Å². The maximum Gasteiger partial charge on any atom is 0.411 e. The molecule has 0 heterocycles. The third kappa shape index (κ3) is 5.87. The van der Waals surface area contributed by atoms with Gasteiger partial charge in [-0.1, -0.05) is 0 Å². The molecule has 1 rings (SSSR count). The van der Waals surface area contributed by atoms with Crippen molar-refractivity contribution in [3.05, 3.63) is 23.8 Å². The highest BCUT2D eigenvalue weighted by Crippen LogP contribution is 2.29. The zero-order chi connectivity index (χ0) is 18.5. The number of rotatable bonds is 6. The van der Waals surface area contributed by atoms with Crippen LogP contribution in [0.3, 0.4) is 0 Å². The number of carbonyl (C=O) groups excluding carboxylic acids is 2. The molecule has 0 aliphatic carbocycles. The monoisotopic (exact) mass is 394 g/mol. The van der Waals surface area contributed by atoms with Crippen molar-refractivity contribution in [3.63, 3.8) is 0 Å². The van der Waals surface area contributed by atoms with Gasteiger partial charge in [-0.3, -0.25) is 10.1 Å². The minimum absolute atomic E-state index is 0. The van der Waals surface area contributed by atoms with Gasteiger partial charge in [0.05, 0.1) is 30.8 Å². The molecular formula is C15H23ClN2O6S. The second kappa shape index (κ2) is 9.59. The average Bonchev–Trinajstić information content (AvgIpc) is 2.53. The molecule has 10 heteroatoms. The first-order valence-corrected chi connectivity index (χ1v) is 8.73. The van der Waals surface area contributed by atoms with Crippen molar-refractivity contribution in [3.8, 4) is 0 Å². The second-order valence-corrected chi connectivity index (χ2v) is 7.82. The number of ether oxygens (including phenoxy) is 2. The molecule has 0 unspecified atom stereocenters. The van der Waals surface area contributed by atoms with Gasteiger partial charge < -0.3 is 15.2 Å². The number of anilines is 1. The maximum absolute atomic E-state index is 12.5. The molecule has 1 amide bonds. The van der Waals surface area contributed by atoms with E-state index < -0.39 is 33.2 Å². The highest BCUT2D eigenvalue weighted by Gasteiger charge is 2.26. The van der Waals surface area contributed by atoms with Crippen molar-refractivity contribution in [2.45, 2.75) is 36.5 Å². The fraction of sp³-hybridized carbons (Fsp3) is 0.467. The number of nitrogens with two attached hydrogens (primary N) is 1. The van der Waals surface area contributed by atoms with Crippen molar-refractivity contribution < 1.29 is 27.5 Å². The zero-order valence-electron chi connectivity index (χ0n) is 14.4. The lowest BCUT2D eigenvalue weighted by atomic mass is 10.0. The summed E-state index contributed by atoms with van der Waals surface area (Å²) in [6, 6.07) is 3.30. The van der Waals surface area contributed by atoms with Gasteiger partial charge in [-0.05, 0) is 37.6 Å². The number of amides is 1. The average molecular weight is 395 g/mol. The number of hydrogen-bond donors (Lipinski definition) is 2. The fourth-order valence-corrected chi connectivity index (χ4v) is 3.28. The molecule has 1 atom stereocenters. The van der Waals surface area contributed by atoms with Crippen LogP contribution in [-0.4, -0.2) is 39.9 Å². The van der Waals surface area contributed by atoms with Crippen LogP contribution >= 0.6 is 12.4 Å². The number of esters is 1. The molecule has 0 aromatic heterocycles. The van der Waals surface area contributed by atoms with E-state index in [0.717, 1.165) is 0 Å². The van der Waals surface area contributed by atoms with Crippen LogP contribution in [0.25, 0.3) is 0 Å². The fourth-order valence-electron chi connectivity index (χ4n) is 1.97. The number of carbonyl (C=O) groups is 2. The molecule has 142 valence electrons. The first-order valence-electron chi connectivity index (χ1n) is 7.18. The van der Waals surface area contributed by atoms with Gasteiger partial charge in [-0.25, -0.2) is 13.2 Å². The molecule has 0 saturated carbocycles. The van der Waals surface area contributed by atoms with Crippen LogP contribution in [0.4, 0.5) is 10.5 Å². The Morgan fingerprint density at radius 3 is 2.28 bits per heavy atom. The third-order valence-electron chi connectivity index (χ3n) is 3.38. The minimum atomic E-state index is -3.62. The Morgan fingerprint density at radius 1 is 1.20 bits per heavy atom. The van der Waals surface area contributed by atoms with Gasteiger partial charge in [0.15, 0.2) is 9.84 Å². The van der Waals surface area contributed by atoms with E-state index in [2.05, 4.69) is 14.8 Å². The molecule has 0 aliphatic rings. The standard InChI is InChI=1S/C15H22N2O6S.ClH/c1-9(2)24(20,21)13-6-5-10(17-15(19)23-4)7-11(13)12(16)8-14(18)22-3;/h5-7,9,12H,8,16H2,1-4H3,(H,17,19);1H/t12-;/m1./s1. The summed E-state index contributed by atoms with van der Waals surface area (Å²) in [7, 11) is -1.20. The maximum atomic E-state index is 12.5. The lowest BCUT2D eigenvalue weighted by Crippen LogP contribution is -2.22. The normalized spacial score (nSPS) is 12.1. The van der Waals surface area contributed by atoms with Gasteiger partial charge in [0.2, 0.25) is 0 Å². The van der Waals surface area contributed by atoms with E-state index in [9.17, 15) is 18.0 Å². The van der Waals surface area contributed by atoms with Crippen LogP contribution in [0.2, 0.25) is 0 Å². The SMILES string of the molecule is COC(=O)C[C@@H](N)c1cc(NC(=O)OC)ccc1S(=O)(=O)C(C)C.Cl. The number of hydrogen-bond acceptors (Lipinski definition) is 7. The van der Waals surface area contributed by atoms with Crippen molar-refractivity contribution in [1.29, 1.82) is 0 Å². The van der Waals surface area contributed by atoms with Crippen LogP contribution in [0, 0.1) is 0 Å². The molecule has 3 N–H and O–H groups in total. The summed E-state index contributed by atoms with van der Waals surface area (Å²) >= 11 is 0. The number of benzene rings is 1. The molecule has 0 bridgehead atoms. The summed E-state index contributed by atoms with van der Waals surface area (Å²) in [6.45, 7) is 3.09. The summed E-state index contributed by atoms with van der Waals surface area (Å²) in [4.78, 5) is 22.8. The predicted octanol–water partition coefficient (Wildman–Crippen LogP) is 2.03. The van der Waals surface area contributed by atoms with Crippen LogP contribution in [-0.2, 0) is 24.1 Å². The molecule has 0 radical (unpaired) electrons. The van der Waals surface area contributed by atoms with Gasteiger partial charge >= 0.3 is 12.1 Å². The second-order valence-electron chi connectivity index (χ2n) is 5.35. The smallest absolute Gasteiger partial charge is 0.411 e. The van der Waals surface area contributed by atoms with Gasteiger partial charge in [0.1, 0.15) is 0 Å². The molecule has 0 aliphatic heterocycles. The number of halogens is 1. The van der Waals surface area contributed by atoms with E-state index in [4.69, 9.17) is 5.73 Å². The largest absolute Gasteiger partial charge is 0.469 e. The number of methoxy groups -OCH3 is 2. The third-order valence-corrected chi connectivity index (χ3v) is 5.61.